The van der Waals surface area contributed by atoms with Crippen LogP contribution in [0.2, 0.25) is 15.1 Å². The van der Waals surface area contributed by atoms with Gasteiger partial charge in [0.2, 0.25) is 11.7 Å². The lowest BCUT2D eigenvalue weighted by Gasteiger charge is -2.13. The molecule has 0 fully saturated rings. The molecule has 1 unspecified atom stereocenters. The van der Waals surface area contributed by atoms with Crippen molar-refractivity contribution in [2.24, 2.45) is 7.05 Å². The van der Waals surface area contributed by atoms with Crippen LogP contribution in [0.25, 0.3) is 0 Å². The average molecular weight is 901 g/mol. The predicted molar refractivity (Wildman–Crippen MR) is 208 cm³/mol. The number of ketones is 1. The van der Waals surface area contributed by atoms with Crippen LogP contribution in [-0.4, -0.2) is 53.6 Å². The fourth-order valence-corrected chi connectivity index (χ4v) is 6.66. The highest BCUT2D eigenvalue weighted by molar-refractivity contribution is 7.87. The second-order valence-electron chi connectivity index (χ2n) is 12.2. The van der Waals surface area contributed by atoms with Crippen molar-refractivity contribution >= 4 is 68.3 Å². The molecule has 0 spiro atoms. The van der Waals surface area contributed by atoms with Gasteiger partial charge in [-0.05, 0) is 82.3 Å². The molecule has 0 N–H and O–H groups in total. The Morgan fingerprint density at radius 3 is 2.15 bits per heavy atom. The lowest BCUT2D eigenvalue weighted by Crippen LogP contribution is -2.26. The van der Waals surface area contributed by atoms with E-state index in [4.69, 9.17) is 53.2 Å². The molecule has 0 amide bonds. The van der Waals surface area contributed by atoms with Crippen molar-refractivity contribution in [2.75, 3.05) is 6.61 Å². The lowest BCUT2D eigenvalue weighted by molar-refractivity contribution is -0.385. The Morgan fingerprint density at radius 1 is 0.915 bits per heavy atom. The summed E-state index contributed by atoms with van der Waals surface area (Å²) in [4.78, 5) is 47.4. The van der Waals surface area contributed by atoms with Gasteiger partial charge in [0.15, 0.2) is 6.10 Å². The molecule has 5 aromatic rings. The van der Waals surface area contributed by atoms with Crippen LogP contribution in [-0.2, 0) is 37.6 Å². The number of hydrogen-bond donors (Lipinski definition) is 0. The zero-order valence-corrected chi connectivity index (χ0v) is 34.4. The van der Waals surface area contributed by atoms with Gasteiger partial charge in [-0.3, -0.25) is 14.9 Å². The third kappa shape index (κ3) is 11.5. The summed E-state index contributed by atoms with van der Waals surface area (Å²) in [6.45, 7) is 6.24. The number of aromatic nitrogens is 2. The standard InChI is InChI=1S/C19H16Cl2N2O4S.C19H15ClF3NO7/c1-11-4-7-14(8-5-11)28(25,26)27-19-17(12(2)22-23(19)3)18(24)15-9-6-13(20)10-16(15)21;1-3-29-17(25)10(2)30-18(26)13-9-12(5-6-15(13)24(27)28)31-16-7-4-11(8-14(16)20)19(21,22)23/h4-10H,1-3H3;4-10H,3H2,1-2H3. The molecule has 21 heteroatoms. The Kier molecular flexibility index (Phi) is 14.8. The number of carbonyl (C=O) groups excluding carboxylic acids is 3. The molecule has 5 rings (SSSR count). The minimum Gasteiger partial charge on any atom is -0.463 e. The van der Waals surface area contributed by atoms with Crippen LogP contribution in [0.5, 0.6) is 17.4 Å². The number of nitrogens with zero attached hydrogens (tertiary/aromatic N) is 3. The van der Waals surface area contributed by atoms with E-state index in [1.807, 2.05) is 6.92 Å². The molecule has 14 nitrogen and oxygen atoms in total. The van der Waals surface area contributed by atoms with E-state index in [-0.39, 0.29) is 50.1 Å². The fourth-order valence-electron chi connectivity index (χ4n) is 4.98. The zero-order chi connectivity index (χ0) is 44.0. The Balaban J connectivity index is 0.000000262. The van der Waals surface area contributed by atoms with Crippen LogP contribution >= 0.6 is 34.8 Å². The molecule has 1 atom stereocenters. The van der Waals surface area contributed by atoms with E-state index in [0.29, 0.717) is 16.8 Å². The number of nitro groups is 1. The first kappa shape index (κ1) is 46.0. The van der Waals surface area contributed by atoms with Gasteiger partial charge in [0.1, 0.15) is 27.5 Å². The van der Waals surface area contributed by atoms with E-state index in [9.17, 15) is 46.1 Å². The quantitative estimate of drug-likeness (QED) is 0.0381. The van der Waals surface area contributed by atoms with Gasteiger partial charge in [-0.2, -0.15) is 26.7 Å². The van der Waals surface area contributed by atoms with Gasteiger partial charge < -0.3 is 18.4 Å². The maximum absolute atomic E-state index is 13.0. The minimum absolute atomic E-state index is 0.0161. The van der Waals surface area contributed by atoms with E-state index >= 15 is 0 Å². The Morgan fingerprint density at radius 2 is 1.58 bits per heavy atom. The fraction of sp³-hybridized carbons (Fsp3) is 0.211. The average Bonchev–Trinajstić information content (AvgIpc) is 3.42. The van der Waals surface area contributed by atoms with Gasteiger partial charge in [-0.1, -0.05) is 52.5 Å². The summed E-state index contributed by atoms with van der Waals surface area (Å²) < 4.78 is 85.1. The molecule has 4 aromatic carbocycles. The second kappa shape index (κ2) is 18.9. The monoisotopic (exact) mass is 899 g/mol. The molecular formula is C38H31Cl3F3N3O11S. The van der Waals surface area contributed by atoms with Gasteiger partial charge >= 0.3 is 28.2 Å². The molecular weight excluding hydrogens is 870 g/mol. The summed E-state index contributed by atoms with van der Waals surface area (Å²) in [5.74, 6) is -3.06. The van der Waals surface area contributed by atoms with Crippen molar-refractivity contribution in [3.63, 3.8) is 0 Å². The van der Waals surface area contributed by atoms with Crippen molar-refractivity contribution in [1.29, 1.82) is 0 Å². The number of nitro benzene ring substituents is 1. The highest BCUT2D eigenvalue weighted by atomic mass is 35.5. The SMILES string of the molecule is CCOC(=O)C(C)OC(=O)c1cc(Oc2ccc(C(F)(F)F)cc2Cl)ccc1[N+](=O)[O-].Cc1ccc(S(=O)(=O)Oc2c(C(=O)c3ccc(Cl)cc3Cl)c(C)nn2C)cc1. The maximum Gasteiger partial charge on any atom is 0.416 e. The van der Waals surface area contributed by atoms with Crippen LogP contribution in [0.3, 0.4) is 0 Å². The Bertz CT molecular complexity index is 2530. The van der Waals surface area contributed by atoms with E-state index in [1.54, 1.807) is 26.0 Å². The number of ether oxygens (including phenoxy) is 3. The molecule has 0 aliphatic heterocycles. The molecule has 0 saturated carbocycles. The first-order chi connectivity index (χ1) is 27.5. The van der Waals surface area contributed by atoms with Gasteiger partial charge in [-0.25, -0.2) is 14.3 Å². The number of rotatable bonds is 12. The minimum atomic E-state index is -4.61. The first-order valence-electron chi connectivity index (χ1n) is 16.8. The number of alkyl halides is 3. The van der Waals surface area contributed by atoms with Gasteiger partial charge in [0.05, 0.1) is 32.8 Å². The normalized spacial score (nSPS) is 11.8. The molecule has 1 aromatic heterocycles. The molecule has 0 saturated heterocycles. The first-order valence-corrected chi connectivity index (χ1v) is 19.3. The second-order valence-corrected chi connectivity index (χ2v) is 15.0. The Hall–Kier alpha value is -5.69. The number of benzene rings is 4. The highest BCUT2D eigenvalue weighted by Crippen LogP contribution is 2.37. The molecule has 0 radical (unpaired) electrons. The third-order valence-corrected chi connectivity index (χ3v) is 9.91. The van der Waals surface area contributed by atoms with Crippen LogP contribution in [0.4, 0.5) is 18.9 Å². The van der Waals surface area contributed by atoms with Crippen molar-refractivity contribution in [2.45, 2.75) is 44.9 Å². The summed E-state index contributed by atoms with van der Waals surface area (Å²) in [6, 6.07) is 16.0. The third-order valence-electron chi connectivity index (χ3n) is 7.84. The van der Waals surface area contributed by atoms with Crippen molar-refractivity contribution in [3.05, 3.63) is 138 Å². The van der Waals surface area contributed by atoms with Crippen LogP contribution in [0.1, 0.15) is 56.9 Å². The number of aryl methyl sites for hydroxylation is 3. The largest absolute Gasteiger partial charge is 0.463 e. The topological polar surface area (TPSA) is 183 Å². The van der Waals surface area contributed by atoms with E-state index in [2.05, 4.69) is 5.10 Å². The molecule has 1 heterocycles. The van der Waals surface area contributed by atoms with Crippen molar-refractivity contribution < 1.29 is 59.3 Å². The molecule has 312 valence electrons. The molecule has 0 aliphatic carbocycles. The summed E-state index contributed by atoms with van der Waals surface area (Å²) in [7, 11) is -2.67. The van der Waals surface area contributed by atoms with Gasteiger partial charge in [-0.15, -0.1) is 0 Å². The van der Waals surface area contributed by atoms with Crippen molar-refractivity contribution in [1.82, 2.24) is 9.78 Å². The summed E-state index contributed by atoms with van der Waals surface area (Å²) in [5.41, 5.74) is -0.766. The number of carbonyl (C=O) groups is 3. The smallest absolute Gasteiger partial charge is 0.416 e. The maximum atomic E-state index is 13.0. The Labute approximate surface area is 349 Å². The van der Waals surface area contributed by atoms with Gasteiger partial charge in [0.25, 0.3) is 5.69 Å². The molecule has 59 heavy (non-hydrogen) atoms. The van der Waals surface area contributed by atoms with E-state index < -0.39 is 61.9 Å². The van der Waals surface area contributed by atoms with E-state index in [1.165, 1.54) is 49.0 Å². The molecule has 0 aliphatic rings. The van der Waals surface area contributed by atoms with E-state index in [0.717, 1.165) is 35.9 Å². The van der Waals surface area contributed by atoms with Crippen LogP contribution in [0, 0.1) is 24.0 Å². The van der Waals surface area contributed by atoms with Crippen molar-refractivity contribution in [3.8, 4) is 17.4 Å². The highest BCUT2D eigenvalue weighted by Gasteiger charge is 2.32. The predicted octanol–water partition coefficient (Wildman–Crippen LogP) is 9.51. The van der Waals surface area contributed by atoms with Gasteiger partial charge in [0, 0.05) is 29.8 Å². The number of halogens is 6. The van der Waals surface area contributed by atoms with Crippen LogP contribution in [0.15, 0.2) is 83.8 Å². The lowest BCUT2D eigenvalue weighted by atomic mass is 10.0. The summed E-state index contributed by atoms with van der Waals surface area (Å²) in [5, 5.41) is 15.5. The summed E-state index contributed by atoms with van der Waals surface area (Å²) in [6.07, 6.45) is -5.94. The zero-order valence-electron chi connectivity index (χ0n) is 31.3. The summed E-state index contributed by atoms with van der Waals surface area (Å²) >= 11 is 17.8. The van der Waals surface area contributed by atoms with Crippen LogP contribution < -0.4 is 8.92 Å². The number of esters is 2. The number of hydrogen-bond acceptors (Lipinski definition) is 12. The molecule has 0 bridgehead atoms.